The zero-order chi connectivity index (χ0) is 20.1. The van der Waals surface area contributed by atoms with Crippen LogP contribution < -0.4 is 10.1 Å². The molecule has 1 aliphatic heterocycles. The van der Waals surface area contributed by atoms with Gasteiger partial charge in [-0.2, -0.15) is 0 Å². The molecule has 0 unspecified atom stereocenters. The molecule has 0 spiro atoms. The van der Waals surface area contributed by atoms with Gasteiger partial charge in [0.2, 0.25) is 5.91 Å². The summed E-state index contributed by atoms with van der Waals surface area (Å²) in [6, 6.07) is 14.9. The minimum atomic E-state index is -0.449. The third-order valence-electron chi connectivity index (χ3n) is 4.20. The molecule has 2 aromatic carbocycles. The van der Waals surface area contributed by atoms with Crippen molar-refractivity contribution in [2.75, 3.05) is 13.7 Å². The standard InChI is InChI=1S/C21H20N2O4S/c1-14-3-5-15(6-4-14)11-18-20(25)23(21(26)28-18)13-19(24)22-12-16-7-9-17(27-2)10-8-16/h3-11H,12-13H2,1-2H3,(H,22,24)/b18-11-. The third-order valence-corrected chi connectivity index (χ3v) is 5.11. The SMILES string of the molecule is COc1ccc(CNC(=O)CN2C(=O)S/C(=C\c3ccc(C)cc3)C2=O)cc1. The average Bonchev–Trinajstić information content (AvgIpc) is 2.96. The normalized spacial score (nSPS) is 15.2. The largest absolute Gasteiger partial charge is 0.497 e. The van der Waals surface area contributed by atoms with Gasteiger partial charge in [0.25, 0.3) is 11.1 Å². The first-order valence-corrected chi connectivity index (χ1v) is 9.49. The summed E-state index contributed by atoms with van der Waals surface area (Å²) in [5.41, 5.74) is 2.83. The van der Waals surface area contributed by atoms with Crippen LogP contribution in [0.3, 0.4) is 0 Å². The molecule has 2 aromatic rings. The Bertz CT molecular complexity index is 920. The first-order valence-electron chi connectivity index (χ1n) is 8.68. The number of hydrogen-bond donors (Lipinski definition) is 1. The lowest BCUT2D eigenvalue weighted by molar-refractivity contribution is -0.129. The van der Waals surface area contributed by atoms with Crippen molar-refractivity contribution < 1.29 is 19.1 Å². The predicted octanol–water partition coefficient (Wildman–Crippen LogP) is 3.36. The van der Waals surface area contributed by atoms with Crippen LogP contribution in [0, 0.1) is 6.92 Å². The number of carbonyl (C=O) groups is 3. The summed E-state index contributed by atoms with van der Waals surface area (Å²) in [7, 11) is 1.58. The Labute approximate surface area is 167 Å². The number of thioether (sulfide) groups is 1. The Hall–Kier alpha value is -3.06. The van der Waals surface area contributed by atoms with Gasteiger partial charge < -0.3 is 10.1 Å². The number of carbonyl (C=O) groups excluding carboxylic acids is 3. The Morgan fingerprint density at radius 3 is 2.43 bits per heavy atom. The highest BCUT2D eigenvalue weighted by atomic mass is 32.2. The summed E-state index contributed by atoms with van der Waals surface area (Å²) in [6.07, 6.45) is 1.67. The maximum absolute atomic E-state index is 12.5. The molecular weight excluding hydrogens is 376 g/mol. The van der Waals surface area contributed by atoms with Gasteiger partial charge in [-0.3, -0.25) is 19.3 Å². The summed E-state index contributed by atoms with van der Waals surface area (Å²) in [5.74, 6) is -0.113. The minimum absolute atomic E-state index is 0.300. The van der Waals surface area contributed by atoms with Crippen molar-refractivity contribution in [3.63, 3.8) is 0 Å². The smallest absolute Gasteiger partial charge is 0.294 e. The summed E-state index contributed by atoms with van der Waals surface area (Å²) in [6.45, 7) is 1.98. The molecule has 1 aliphatic rings. The molecule has 0 aromatic heterocycles. The van der Waals surface area contributed by atoms with Crippen LogP contribution in [0.5, 0.6) is 5.75 Å². The molecule has 1 heterocycles. The maximum Gasteiger partial charge on any atom is 0.294 e. The van der Waals surface area contributed by atoms with E-state index in [9.17, 15) is 14.4 Å². The fourth-order valence-corrected chi connectivity index (χ4v) is 3.43. The van der Waals surface area contributed by atoms with Gasteiger partial charge in [-0.25, -0.2) is 0 Å². The molecule has 0 aliphatic carbocycles. The monoisotopic (exact) mass is 396 g/mol. The zero-order valence-electron chi connectivity index (χ0n) is 15.6. The number of nitrogens with zero attached hydrogens (tertiary/aromatic N) is 1. The topological polar surface area (TPSA) is 75.7 Å². The van der Waals surface area contributed by atoms with E-state index in [0.717, 1.165) is 39.1 Å². The van der Waals surface area contributed by atoms with Crippen molar-refractivity contribution in [3.05, 3.63) is 70.1 Å². The lowest BCUT2D eigenvalue weighted by Crippen LogP contribution is -2.39. The zero-order valence-corrected chi connectivity index (χ0v) is 16.4. The van der Waals surface area contributed by atoms with E-state index in [0.29, 0.717) is 11.4 Å². The lowest BCUT2D eigenvalue weighted by Gasteiger charge is -2.12. The molecule has 1 fully saturated rings. The lowest BCUT2D eigenvalue weighted by atomic mass is 10.1. The van der Waals surface area contributed by atoms with E-state index in [4.69, 9.17) is 4.74 Å². The molecule has 0 atom stereocenters. The van der Waals surface area contributed by atoms with Crippen molar-refractivity contribution in [1.29, 1.82) is 0 Å². The van der Waals surface area contributed by atoms with Crippen LogP contribution in [0.2, 0.25) is 0 Å². The van der Waals surface area contributed by atoms with E-state index in [-0.39, 0.29) is 6.54 Å². The number of methoxy groups -OCH3 is 1. The fraction of sp³-hybridized carbons (Fsp3) is 0.190. The van der Waals surface area contributed by atoms with E-state index in [1.807, 2.05) is 43.3 Å². The van der Waals surface area contributed by atoms with E-state index >= 15 is 0 Å². The van der Waals surface area contributed by atoms with Crippen molar-refractivity contribution >= 4 is 34.9 Å². The van der Waals surface area contributed by atoms with Gasteiger partial charge >= 0.3 is 0 Å². The Morgan fingerprint density at radius 1 is 1.11 bits per heavy atom. The van der Waals surface area contributed by atoms with Gasteiger partial charge in [-0.15, -0.1) is 0 Å². The van der Waals surface area contributed by atoms with Gasteiger partial charge in [0.15, 0.2) is 0 Å². The van der Waals surface area contributed by atoms with Crippen LogP contribution >= 0.6 is 11.8 Å². The first-order chi connectivity index (χ1) is 13.5. The fourth-order valence-electron chi connectivity index (χ4n) is 2.59. The highest BCUT2D eigenvalue weighted by Gasteiger charge is 2.36. The van der Waals surface area contributed by atoms with Crippen LogP contribution in [-0.2, 0) is 16.1 Å². The molecule has 6 nitrogen and oxygen atoms in total. The number of nitrogens with one attached hydrogen (secondary N) is 1. The van der Waals surface area contributed by atoms with E-state index in [2.05, 4.69) is 5.32 Å². The molecular formula is C21H20N2O4S. The Morgan fingerprint density at radius 2 is 1.79 bits per heavy atom. The number of ether oxygens (including phenoxy) is 1. The maximum atomic E-state index is 12.5. The van der Waals surface area contributed by atoms with Crippen molar-refractivity contribution in [2.45, 2.75) is 13.5 Å². The predicted molar refractivity (Wildman–Crippen MR) is 109 cm³/mol. The third kappa shape index (κ3) is 4.80. The number of amides is 3. The number of imide groups is 1. The summed E-state index contributed by atoms with van der Waals surface area (Å²) >= 11 is 0.846. The van der Waals surface area contributed by atoms with Crippen molar-refractivity contribution in [3.8, 4) is 5.75 Å². The van der Waals surface area contributed by atoms with Gasteiger partial charge in [0.1, 0.15) is 12.3 Å². The molecule has 1 N–H and O–H groups in total. The summed E-state index contributed by atoms with van der Waals surface area (Å²) in [4.78, 5) is 38.1. The van der Waals surface area contributed by atoms with Crippen LogP contribution in [0.4, 0.5) is 4.79 Å². The van der Waals surface area contributed by atoms with Crippen molar-refractivity contribution in [1.82, 2.24) is 10.2 Å². The van der Waals surface area contributed by atoms with Crippen molar-refractivity contribution in [2.24, 2.45) is 0 Å². The Balaban J connectivity index is 1.58. The number of aryl methyl sites for hydroxylation is 1. The van der Waals surface area contributed by atoms with E-state index in [1.165, 1.54) is 0 Å². The average molecular weight is 396 g/mol. The minimum Gasteiger partial charge on any atom is -0.497 e. The van der Waals surface area contributed by atoms with Gasteiger partial charge in [-0.1, -0.05) is 42.0 Å². The van der Waals surface area contributed by atoms with Crippen LogP contribution in [0.25, 0.3) is 6.08 Å². The van der Waals surface area contributed by atoms with Crippen LogP contribution in [-0.4, -0.2) is 35.6 Å². The van der Waals surface area contributed by atoms with Gasteiger partial charge in [0, 0.05) is 6.54 Å². The number of rotatable bonds is 6. The molecule has 144 valence electrons. The molecule has 7 heteroatoms. The summed E-state index contributed by atoms with van der Waals surface area (Å²) in [5, 5.41) is 2.28. The second-order valence-corrected chi connectivity index (χ2v) is 7.30. The second-order valence-electron chi connectivity index (χ2n) is 6.30. The number of benzene rings is 2. The quantitative estimate of drug-likeness (QED) is 0.758. The van der Waals surface area contributed by atoms with Crippen LogP contribution in [0.15, 0.2) is 53.4 Å². The second kappa shape index (κ2) is 8.75. The summed E-state index contributed by atoms with van der Waals surface area (Å²) < 4.78 is 5.09. The molecule has 0 radical (unpaired) electrons. The van der Waals surface area contributed by atoms with E-state index in [1.54, 1.807) is 25.3 Å². The number of hydrogen-bond acceptors (Lipinski definition) is 5. The van der Waals surface area contributed by atoms with E-state index < -0.39 is 17.1 Å². The highest BCUT2D eigenvalue weighted by molar-refractivity contribution is 8.18. The van der Waals surface area contributed by atoms with Gasteiger partial charge in [0.05, 0.1) is 12.0 Å². The molecule has 3 amide bonds. The highest BCUT2D eigenvalue weighted by Crippen LogP contribution is 2.32. The molecule has 3 rings (SSSR count). The van der Waals surface area contributed by atoms with Crippen LogP contribution in [0.1, 0.15) is 16.7 Å². The molecule has 28 heavy (non-hydrogen) atoms. The molecule has 0 saturated carbocycles. The molecule has 1 saturated heterocycles. The first kappa shape index (κ1) is 19.7. The Kier molecular flexibility index (Phi) is 6.16. The molecule has 0 bridgehead atoms. The van der Waals surface area contributed by atoms with Gasteiger partial charge in [-0.05, 0) is 48.0 Å².